The van der Waals surface area contributed by atoms with Gasteiger partial charge < -0.3 is 10.2 Å². The minimum atomic E-state index is -3.71. The van der Waals surface area contributed by atoms with Crippen LogP contribution < -0.4 is 0 Å². The van der Waals surface area contributed by atoms with Crippen LogP contribution in [0.1, 0.15) is 6.42 Å². The van der Waals surface area contributed by atoms with E-state index >= 15 is 0 Å². The highest BCUT2D eigenvalue weighted by Crippen LogP contribution is 2.26. The number of carboxylic acid groups (broad SMARTS) is 2. The highest BCUT2D eigenvalue weighted by molar-refractivity contribution is 7.86. The molecule has 1 fully saturated rings. The lowest BCUT2D eigenvalue weighted by molar-refractivity contribution is -0.156. The molecule has 2 N–H and O–H groups in total. The molecule has 1 aliphatic rings. The van der Waals surface area contributed by atoms with E-state index in [1.807, 2.05) is 0 Å². The molecule has 104 valence electrons. The van der Waals surface area contributed by atoms with Crippen LogP contribution in [0.5, 0.6) is 0 Å². The molecule has 0 aromatic carbocycles. The van der Waals surface area contributed by atoms with Gasteiger partial charge in [-0.25, -0.2) is 0 Å². The number of hydrogen-bond acceptors (Lipinski definition) is 4. The third-order valence-corrected chi connectivity index (χ3v) is 4.90. The van der Waals surface area contributed by atoms with Gasteiger partial charge in [0.05, 0.1) is 11.8 Å². The first kappa shape index (κ1) is 14.9. The predicted octanol–water partition coefficient (Wildman–Crippen LogP) is -1.10. The maximum Gasteiger partial charge on any atom is 0.308 e. The van der Waals surface area contributed by atoms with E-state index in [-0.39, 0.29) is 19.5 Å². The molecule has 0 amide bonds. The van der Waals surface area contributed by atoms with Crippen molar-refractivity contribution in [3.63, 3.8) is 0 Å². The second kappa shape index (κ2) is 5.21. The lowest BCUT2D eigenvalue weighted by Gasteiger charge is -2.34. The molecule has 1 heterocycles. The Balaban J connectivity index is 2.94. The average Bonchev–Trinajstić information content (AvgIpc) is 2.27. The van der Waals surface area contributed by atoms with Gasteiger partial charge in [0.2, 0.25) is 0 Å². The number of hydrogen-bond donors (Lipinski definition) is 2. The Kier molecular flexibility index (Phi) is 4.30. The fraction of sp³-hybridized carbons (Fsp3) is 0.778. The third-order valence-electron chi connectivity index (χ3n) is 3.00. The monoisotopic (exact) mass is 280 g/mol. The van der Waals surface area contributed by atoms with E-state index in [9.17, 15) is 18.0 Å². The summed E-state index contributed by atoms with van der Waals surface area (Å²) in [7, 11) is -1.02. The van der Waals surface area contributed by atoms with E-state index in [0.717, 1.165) is 8.61 Å². The van der Waals surface area contributed by atoms with Crippen LogP contribution in [0.25, 0.3) is 0 Å². The first-order valence-corrected chi connectivity index (χ1v) is 6.70. The summed E-state index contributed by atoms with van der Waals surface area (Å²) in [5.74, 6) is -4.76. The zero-order valence-electron chi connectivity index (χ0n) is 10.1. The van der Waals surface area contributed by atoms with Crippen molar-refractivity contribution < 1.29 is 28.2 Å². The van der Waals surface area contributed by atoms with Crippen molar-refractivity contribution in [3.05, 3.63) is 0 Å². The van der Waals surface area contributed by atoms with E-state index in [2.05, 4.69) is 0 Å². The molecule has 1 aliphatic heterocycles. The van der Waals surface area contributed by atoms with Crippen LogP contribution in [-0.2, 0) is 19.8 Å². The quantitative estimate of drug-likeness (QED) is 0.675. The smallest absolute Gasteiger partial charge is 0.308 e. The SMILES string of the molecule is CN(C)S(=O)(=O)N1CCC(C(=O)O)C(C(=O)O)C1. The van der Waals surface area contributed by atoms with Crippen LogP contribution in [0, 0.1) is 11.8 Å². The van der Waals surface area contributed by atoms with E-state index in [1.54, 1.807) is 0 Å². The van der Waals surface area contributed by atoms with Gasteiger partial charge in [-0.3, -0.25) is 9.59 Å². The topological polar surface area (TPSA) is 115 Å². The fourth-order valence-electron chi connectivity index (χ4n) is 1.91. The minimum Gasteiger partial charge on any atom is -0.481 e. The van der Waals surface area contributed by atoms with Crippen molar-refractivity contribution in [1.82, 2.24) is 8.61 Å². The van der Waals surface area contributed by atoms with E-state index in [0.29, 0.717) is 0 Å². The number of piperidine rings is 1. The summed E-state index contributed by atoms with van der Waals surface area (Å²) in [4.78, 5) is 21.9. The van der Waals surface area contributed by atoms with Gasteiger partial charge in [-0.2, -0.15) is 17.0 Å². The maximum absolute atomic E-state index is 11.8. The molecule has 0 bridgehead atoms. The van der Waals surface area contributed by atoms with Gasteiger partial charge in [-0.05, 0) is 6.42 Å². The Morgan fingerprint density at radius 3 is 2.06 bits per heavy atom. The standard InChI is InChI=1S/C9H16N2O6S/c1-10(2)18(16,17)11-4-3-6(8(12)13)7(5-11)9(14)15/h6-7H,3-5H2,1-2H3,(H,12,13)(H,14,15). The summed E-state index contributed by atoms with van der Waals surface area (Å²) in [6.45, 7) is -0.298. The van der Waals surface area contributed by atoms with Gasteiger partial charge in [0.1, 0.15) is 0 Å². The lowest BCUT2D eigenvalue weighted by atomic mass is 9.86. The largest absolute Gasteiger partial charge is 0.481 e. The Hall–Kier alpha value is -1.19. The highest BCUT2D eigenvalue weighted by Gasteiger charge is 2.42. The molecular formula is C9H16N2O6S. The van der Waals surface area contributed by atoms with Crippen LogP contribution in [0.2, 0.25) is 0 Å². The molecule has 1 saturated heterocycles. The predicted molar refractivity (Wildman–Crippen MR) is 61.0 cm³/mol. The van der Waals surface area contributed by atoms with Gasteiger partial charge in [-0.15, -0.1) is 0 Å². The minimum absolute atomic E-state index is 0.000625. The highest BCUT2D eigenvalue weighted by atomic mass is 32.2. The summed E-state index contributed by atoms with van der Waals surface area (Å²) >= 11 is 0. The zero-order valence-corrected chi connectivity index (χ0v) is 10.9. The fourth-order valence-corrected chi connectivity index (χ4v) is 3.06. The van der Waals surface area contributed by atoms with Gasteiger partial charge >= 0.3 is 11.9 Å². The summed E-state index contributed by atoms with van der Waals surface area (Å²) in [5.41, 5.74) is 0. The Morgan fingerprint density at radius 2 is 1.67 bits per heavy atom. The van der Waals surface area contributed by atoms with E-state index < -0.39 is 34.0 Å². The van der Waals surface area contributed by atoms with Gasteiger partial charge in [0, 0.05) is 27.2 Å². The number of carboxylic acids is 2. The molecule has 8 nitrogen and oxygen atoms in total. The van der Waals surface area contributed by atoms with Gasteiger partial charge in [0.15, 0.2) is 0 Å². The molecule has 1 rings (SSSR count). The van der Waals surface area contributed by atoms with Crippen molar-refractivity contribution in [2.24, 2.45) is 11.8 Å². The zero-order chi connectivity index (χ0) is 14.1. The molecule has 2 unspecified atom stereocenters. The first-order chi connectivity index (χ1) is 8.17. The molecule has 0 aliphatic carbocycles. The summed E-state index contributed by atoms with van der Waals surface area (Å²) in [6.07, 6.45) is -0.000625. The average molecular weight is 280 g/mol. The van der Waals surface area contributed by atoms with Crippen LogP contribution in [0.3, 0.4) is 0 Å². The molecule has 0 aromatic rings. The van der Waals surface area contributed by atoms with Crippen LogP contribution in [-0.4, -0.2) is 66.4 Å². The summed E-state index contributed by atoms with van der Waals surface area (Å²) in [6, 6.07) is 0. The molecular weight excluding hydrogens is 264 g/mol. The second-order valence-electron chi connectivity index (χ2n) is 4.33. The van der Waals surface area contributed by atoms with Crippen molar-refractivity contribution in [3.8, 4) is 0 Å². The Bertz CT molecular complexity index is 446. The maximum atomic E-state index is 11.8. The molecule has 0 aromatic heterocycles. The van der Waals surface area contributed by atoms with Crippen molar-refractivity contribution >= 4 is 22.1 Å². The number of rotatable bonds is 4. The number of carbonyl (C=O) groups is 2. The molecule has 9 heteroatoms. The number of nitrogens with zero attached hydrogens (tertiary/aromatic N) is 2. The Labute approximate surface area is 105 Å². The van der Waals surface area contributed by atoms with E-state index in [1.165, 1.54) is 14.1 Å². The molecule has 0 radical (unpaired) electrons. The second-order valence-corrected chi connectivity index (χ2v) is 6.47. The van der Waals surface area contributed by atoms with Crippen molar-refractivity contribution in [1.29, 1.82) is 0 Å². The van der Waals surface area contributed by atoms with Gasteiger partial charge in [0.25, 0.3) is 10.2 Å². The molecule has 0 saturated carbocycles. The van der Waals surface area contributed by atoms with Crippen molar-refractivity contribution in [2.45, 2.75) is 6.42 Å². The van der Waals surface area contributed by atoms with Crippen LogP contribution in [0.15, 0.2) is 0 Å². The summed E-state index contributed by atoms with van der Waals surface area (Å²) < 4.78 is 25.7. The van der Waals surface area contributed by atoms with Crippen LogP contribution >= 0.6 is 0 Å². The summed E-state index contributed by atoms with van der Waals surface area (Å²) in [5, 5.41) is 17.9. The lowest BCUT2D eigenvalue weighted by Crippen LogP contribution is -2.51. The van der Waals surface area contributed by atoms with Crippen LogP contribution in [0.4, 0.5) is 0 Å². The van der Waals surface area contributed by atoms with E-state index in [4.69, 9.17) is 10.2 Å². The van der Waals surface area contributed by atoms with Gasteiger partial charge in [-0.1, -0.05) is 0 Å². The first-order valence-electron chi connectivity index (χ1n) is 5.31. The Morgan fingerprint density at radius 1 is 1.17 bits per heavy atom. The molecule has 18 heavy (non-hydrogen) atoms. The molecule has 0 spiro atoms. The molecule has 2 atom stereocenters. The number of aliphatic carboxylic acids is 2. The normalized spacial score (nSPS) is 26.2. The van der Waals surface area contributed by atoms with Crippen molar-refractivity contribution in [2.75, 3.05) is 27.2 Å². The third kappa shape index (κ3) is 2.79.